The molecule has 6 heteroatoms. The number of hydrogen-bond acceptors (Lipinski definition) is 3. The maximum Gasteiger partial charge on any atom is 0.319 e. The molecule has 6 nitrogen and oxygen atoms in total. The highest BCUT2D eigenvalue weighted by atomic mass is 16.5. The molecular weight excluding hydrogens is 272 g/mol. The molecule has 0 aliphatic heterocycles. The first-order valence-electron chi connectivity index (χ1n) is 6.84. The van der Waals surface area contributed by atoms with Crippen molar-refractivity contribution in [3.05, 3.63) is 24.3 Å². The van der Waals surface area contributed by atoms with Crippen LogP contribution in [0.4, 0.5) is 10.5 Å². The number of benzene rings is 1. The Hall–Kier alpha value is -2.24. The average molecular weight is 294 g/mol. The Bertz CT molecular complexity index is 488. The molecule has 0 bridgehead atoms. The molecule has 0 aliphatic rings. The molecule has 0 saturated heterocycles. The predicted molar refractivity (Wildman–Crippen MR) is 80.6 cm³/mol. The lowest BCUT2D eigenvalue weighted by Crippen LogP contribution is -2.36. The lowest BCUT2D eigenvalue weighted by Gasteiger charge is -2.15. The van der Waals surface area contributed by atoms with Crippen LogP contribution in [0.1, 0.15) is 20.3 Å². The standard InChI is InChI=1S/C15H22N2O4/c1-10(2)7-11(14(18)19)9-16-15(20)17-12-5-4-6-13(8-12)21-3/h4-6,8,10-11H,7,9H2,1-3H3,(H,18,19)(H2,16,17,20). The third-order valence-electron chi connectivity index (χ3n) is 2.94. The fourth-order valence-corrected chi connectivity index (χ4v) is 1.93. The number of rotatable bonds is 7. The Kier molecular flexibility index (Phi) is 6.52. The van der Waals surface area contributed by atoms with Gasteiger partial charge in [0.15, 0.2) is 0 Å². The molecule has 3 N–H and O–H groups in total. The quantitative estimate of drug-likeness (QED) is 0.721. The van der Waals surface area contributed by atoms with Gasteiger partial charge in [-0.3, -0.25) is 4.79 Å². The number of anilines is 1. The normalized spacial score (nSPS) is 11.8. The summed E-state index contributed by atoms with van der Waals surface area (Å²) < 4.78 is 5.06. The van der Waals surface area contributed by atoms with Gasteiger partial charge in [-0.1, -0.05) is 19.9 Å². The maximum absolute atomic E-state index is 11.8. The van der Waals surface area contributed by atoms with Crippen molar-refractivity contribution >= 4 is 17.7 Å². The van der Waals surface area contributed by atoms with Gasteiger partial charge in [0.1, 0.15) is 5.75 Å². The van der Waals surface area contributed by atoms with Crippen LogP contribution in [0, 0.1) is 11.8 Å². The van der Waals surface area contributed by atoms with E-state index in [1.807, 2.05) is 13.8 Å². The minimum Gasteiger partial charge on any atom is -0.497 e. The van der Waals surface area contributed by atoms with Crippen molar-refractivity contribution in [2.45, 2.75) is 20.3 Å². The van der Waals surface area contributed by atoms with Gasteiger partial charge in [-0.25, -0.2) is 4.79 Å². The van der Waals surface area contributed by atoms with Crippen molar-refractivity contribution in [3.63, 3.8) is 0 Å². The van der Waals surface area contributed by atoms with Crippen LogP contribution in [0.2, 0.25) is 0 Å². The molecule has 1 atom stereocenters. The average Bonchev–Trinajstić information content (AvgIpc) is 2.43. The molecule has 0 spiro atoms. The third-order valence-corrected chi connectivity index (χ3v) is 2.94. The highest BCUT2D eigenvalue weighted by Crippen LogP contribution is 2.16. The van der Waals surface area contributed by atoms with Crippen molar-refractivity contribution in [1.29, 1.82) is 0 Å². The zero-order chi connectivity index (χ0) is 15.8. The van der Waals surface area contributed by atoms with Gasteiger partial charge in [0, 0.05) is 18.3 Å². The molecule has 0 saturated carbocycles. The monoisotopic (exact) mass is 294 g/mol. The highest BCUT2D eigenvalue weighted by Gasteiger charge is 2.19. The van der Waals surface area contributed by atoms with Crippen LogP contribution in [0.15, 0.2) is 24.3 Å². The number of ether oxygens (including phenoxy) is 1. The summed E-state index contributed by atoms with van der Waals surface area (Å²) in [5.41, 5.74) is 0.586. The van der Waals surface area contributed by atoms with Crippen LogP contribution < -0.4 is 15.4 Å². The second-order valence-electron chi connectivity index (χ2n) is 5.23. The molecule has 0 radical (unpaired) electrons. The van der Waals surface area contributed by atoms with Crippen LogP contribution >= 0.6 is 0 Å². The number of carboxylic acid groups (broad SMARTS) is 1. The molecular formula is C15H22N2O4. The number of methoxy groups -OCH3 is 1. The van der Waals surface area contributed by atoms with E-state index in [1.54, 1.807) is 31.4 Å². The summed E-state index contributed by atoms with van der Waals surface area (Å²) in [4.78, 5) is 22.9. The topological polar surface area (TPSA) is 87.7 Å². The molecule has 0 heterocycles. The van der Waals surface area contributed by atoms with Crippen LogP contribution in [0.5, 0.6) is 5.75 Å². The first-order chi connectivity index (χ1) is 9.92. The lowest BCUT2D eigenvalue weighted by atomic mass is 9.97. The van der Waals surface area contributed by atoms with E-state index in [1.165, 1.54) is 0 Å². The zero-order valence-electron chi connectivity index (χ0n) is 12.6. The van der Waals surface area contributed by atoms with Crippen molar-refractivity contribution in [2.24, 2.45) is 11.8 Å². The van der Waals surface area contributed by atoms with Crippen molar-refractivity contribution in [2.75, 3.05) is 19.0 Å². The van der Waals surface area contributed by atoms with Crippen molar-refractivity contribution in [1.82, 2.24) is 5.32 Å². The van der Waals surface area contributed by atoms with Gasteiger partial charge in [-0.05, 0) is 24.5 Å². The molecule has 1 rings (SSSR count). The fraction of sp³-hybridized carbons (Fsp3) is 0.467. The lowest BCUT2D eigenvalue weighted by molar-refractivity contribution is -0.142. The number of urea groups is 1. The molecule has 0 fully saturated rings. The van der Waals surface area contributed by atoms with Crippen molar-refractivity contribution in [3.8, 4) is 5.75 Å². The van der Waals surface area contributed by atoms with Crippen LogP contribution in [0.3, 0.4) is 0 Å². The van der Waals surface area contributed by atoms with E-state index in [9.17, 15) is 9.59 Å². The Balaban J connectivity index is 2.50. The Morgan fingerprint density at radius 1 is 1.33 bits per heavy atom. The molecule has 1 aromatic carbocycles. The summed E-state index contributed by atoms with van der Waals surface area (Å²) in [5, 5.41) is 14.3. The van der Waals surface area contributed by atoms with Crippen molar-refractivity contribution < 1.29 is 19.4 Å². The highest BCUT2D eigenvalue weighted by molar-refractivity contribution is 5.89. The Morgan fingerprint density at radius 2 is 2.05 bits per heavy atom. The first kappa shape index (κ1) is 16.8. The summed E-state index contributed by atoms with van der Waals surface area (Å²) in [5.74, 6) is -0.586. The maximum atomic E-state index is 11.8. The van der Waals surface area contributed by atoms with Gasteiger partial charge in [0.05, 0.1) is 13.0 Å². The van der Waals surface area contributed by atoms with Crippen LogP contribution in [-0.4, -0.2) is 30.8 Å². The molecule has 1 aromatic rings. The van der Waals surface area contributed by atoms with Gasteiger partial charge >= 0.3 is 12.0 Å². The second-order valence-corrected chi connectivity index (χ2v) is 5.23. The Morgan fingerprint density at radius 3 is 2.62 bits per heavy atom. The molecule has 1 unspecified atom stereocenters. The SMILES string of the molecule is COc1cccc(NC(=O)NCC(CC(C)C)C(=O)O)c1. The number of amides is 2. The number of carboxylic acids is 1. The third kappa shape index (κ3) is 6.16. The fourth-order valence-electron chi connectivity index (χ4n) is 1.93. The smallest absolute Gasteiger partial charge is 0.319 e. The van der Waals surface area contributed by atoms with E-state index in [4.69, 9.17) is 9.84 Å². The van der Waals surface area contributed by atoms with E-state index in [0.29, 0.717) is 17.9 Å². The van der Waals surface area contributed by atoms with Crippen LogP contribution in [-0.2, 0) is 4.79 Å². The minimum absolute atomic E-state index is 0.101. The molecule has 2 amide bonds. The first-order valence-corrected chi connectivity index (χ1v) is 6.84. The molecule has 116 valence electrons. The molecule has 0 aliphatic carbocycles. The van der Waals surface area contributed by atoms with E-state index in [-0.39, 0.29) is 12.5 Å². The number of nitrogens with one attached hydrogen (secondary N) is 2. The summed E-state index contributed by atoms with van der Waals surface area (Å²) in [6.07, 6.45) is 0.523. The summed E-state index contributed by atoms with van der Waals surface area (Å²) >= 11 is 0. The van der Waals surface area contributed by atoms with E-state index < -0.39 is 17.9 Å². The largest absolute Gasteiger partial charge is 0.497 e. The molecule has 0 aromatic heterocycles. The van der Waals surface area contributed by atoms with Gasteiger partial charge < -0.3 is 20.5 Å². The second kappa shape index (κ2) is 8.14. The van der Waals surface area contributed by atoms with Crippen LogP contribution in [0.25, 0.3) is 0 Å². The summed E-state index contributed by atoms with van der Waals surface area (Å²) in [7, 11) is 1.54. The number of carbonyl (C=O) groups excluding carboxylic acids is 1. The Labute approximate surface area is 124 Å². The summed E-state index contributed by atoms with van der Waals surface area (Å²) in [6.45, 7) is 4.00. The minimum atomic E-state index is -0.898. The summed E-state index contributed by atoms with van der Waals surface area (Å²) in [6, 6.07) is 6.51. The van der Waals surface area contributed by atoms with E-state index in [0.717, 1.165) is 0 Å². The number of aliphatic carboxylic acids is 1. The number of carbonyl (C=O) groups is 2. The van der Waals surface area contributed by atoms with Gasteiger partial charge in [0.25, 0.3) is 0 Å². The van der Waals surface area contributed by atoms with E-state index >= 15 is 0 Å². The van der Waals surface area contributed by atoms with Gasteiger partial charge in [-0.2, -0.15) is 0 Å². The predicted octanol–water partition coefficient (Wildman–Crippen LogP) is 2.56. The van der Waals surface area contributed by atoms with Gasteiger partial charge in [-0.15, -0.1) is 0 Å². The zero-order valence-corrected chi connectivity index (χ0v) is 12.6. The van der Waals surface area contributed by atoms with Gasteiger partial charge in [0.2, 0.25) is 0 Å². The molecule has 21 heavy (non-hydrogen) atoms. The number of hydrogen-bond donors (Lipinski definition) is 3. The van der Waals surface area contributed by atoms with E-state index in [2.05, 4.69) is 10.6 Å².